The molecule has 0 bridgehead atoms. The lowest BCUT2D eigenvalue weighted by Gasteiger charge is -2.41. The van der Waals surface area contributed by atoms with Crippen molar-refractivity contribution in [1.29, 1.82) is 0 Å². The fourth-order valence-electron chi connectivity index (χ4n) is 2.79. The molecule has 1 unspecified atom stereocenters. The summed E-state index contributed by atoms with van der Waals surface area (Å²) in [6.07, 6.45) is 0.192. The maximum Gasteiger partial charge on any atom is 0.119 e. The molecule has 1 saturated heterocycles. The van der Waals surface area contributed by atoms with Crippen molar-refractivity contribution < 1.29 is 4.74 Å². The first-order chi connectivity index (χ1) is 7.92. The highest BCUT2D eigenvalue weighted by molar-refractivity contribution is 9.10. The second-order valence-electron chi connectivity index (χ2n) is 6.19. The standard InChI is InChI=1S/C14H18BrNO/c1-13(2,3)12-10-6-9(15)4-5-11(10)14(17-12)7-16-8-14/h4-6,12,16H,7-8H2,1-3H3. The van der Waals surface area contributed by atoms with Crippen LogP contribution >= 0.6 is 15.9 Å². The van der Waals surface area contributed by atoms with Gasteiger partial charge in [0, 0.05) is 17.6 Å². The van der Waals surface area contributed by atoms with Crippen molar-refractivity contribution >= 4 is 15.9 Å². The van der Waals surface area contributed by atoms with Gasteiger partial charge in [-0.3, -0.25) is 0 Å². The summed E-state index contributed by atoms with van der Waals surface area (Å²) in [6, 6.07) is 6.55. The Kier molecular flexibility index (Phi) is 2.45. The Balaban J connectivity index is 2.12. The van der Waals surface area contributed by atoms with Crippen LogP contribution in [-0.2, 0) is 10.3 Å². The minimum absolute atomic E-state index is 0.0615. The minimum atomic E-state index is -0.0615. The molecule has 1 aromatic rings. The zero-order valence-corrected chi connectivity index (χ0v) is 12.1. The van der Waals surface area contributed by atoms with Gasteiger partial charge >= 0.3 is 0 Å². The summed E-state index contributed by atoms with van der Waals surface area (Å²) in [6.45, 7) is 8.61. The van der Waals surface area contributed by atoms with E-state index in [0.29, 0.717) is 0 Å². The third kappa shape index (κ3) is 1.67. The Labute approximate surface area is 111 Å². The monoisotopic (exact) mass is 295 g/mol. The number of fused-ring (bicyclic) bond motifs is 2. The Morgan fingerprint density at radius 3 is 2.59 bits per heavy atom. The molecule has 0 amide bonds. The van der Waals surface area contributed by atoms with Crippen LogP contribution in [0, 0.1) is 5.41 Å². The van der Waals surface area contributed by atoms with Gasteiger partial charge in [0.25, 0.3) is 0 Å². The zero-order chi connectivity index (χ0) is 12.3. The van der Waals surface area contributed by atoms with Gasteiger partial charge in [0.2, 0.25) is 0 Å². The third-order valence-corrected chi connectivity index (χ3v) is 4.23. The van der Waals surface area contributed by atoms with E-state index in [9.17, 15) is 0 Å². The molecule has 2 aliphatic heterocycles. The highest BCUT2D eigenvalue weighted by atomic mass is 79.9. The molecular formula is C14H18BrNO. The SMILES string of the molecule is CC(C)(C)C1OC2(CNC2)c2ccc(Br)cc21. The summed E-state index contributed by atoms with van der Waals surface area (Å²) in [4.78, 5) is 0. The average Bonchev–Trinajstić information content (AvgIpc) is 2.50. The van der Waals surface area contributed by atoms with E-state index in [4.69, 9.17) is 4.74 Å². The average molecular weight is 296 g/mol. The van der Waals surface area contributed by atoms with Crippen molar-refractivity contribution in [2.45, 2.75) is 32.5 Å². The van der Waals surface area contributed by atoms with Gasteiger partial charge in [0.05, 0.1) is 6.10 Å². The van der Waals surface area contributed by atoms with Crippen LogP contribution in [0.15, 0.2) is 22.7 Å². The van der Waals surface area contributed by atoms with E-state index >= 15 is 0 Å². The normalized spacial score (nSPS) is 25.8. The van der Waals surface area contributed by atoms with Crippen molar-refractivity contribution in [1.82, 2.24) is 5.32 Å². The molecule has 1 spiro atoms. The van der Waals surface area contributed by atoms with Crippen molar-refractivity contribution in [3.05, 3.63) is 33.8 Å². The van der Waals surface area contributed by atoms with Gasteiger partial charge < -0.3 is 10.1 Å². The molecule has 92 valence electrons. The van der Waals surface area contributed by atoms with Crippen LogP contribution < -0.4 is 5.32 Å². The highest BCUT2D eigenvalue weighted by Crippen LogP contribution is 2.52. The molecule has 2 nitrogen and oxygen atoms in total. The van der Waals surface area contributed by atoms with Crippen LogP contribution in [0.25, 0.3) is 0 Å². The Hall–Kier alpha value is -0.380. The van der Waals surface area contributed by atoms with Crippen LogP contribution in [0.5, 0.6) is 0 Å². The molecule has 0 radical (unpaired) electrons. The summed E-state index contributed by atoms with van der Waals surface area (Å²) in [7, 11) is 0. The van der Waals surface area contributed by atoms with Crippen LogP contribution in [0.1, 0.15) is 38.0 Å². The van der Waals surface area contributed by atoms with Gasteiger partial charge in [0.1, 0.15) is 5.60 Å². The molecular weight excluding hydrogens is 278 g/mol. The molecule has 17 heavy (non-hydrogen) atoms. The molecule has 1 N–H and O–H groups in total. The van der Waals surface area contributed by atoms with E-state index in [1.807, 2.05) is 0 Å². The van der Waals surface area contributed by atoms with E-state index in [0.717, 1.165) is 17.6 Å². The van der Waals surface area contributed by atoms with Crippen LogP contribution in [0.2, 0.25) is 0 Å². The van der Waals surface area contributed by atoms with E-state index in [2.05, 4.69) is 60.2 Å². The first-order valence-corrected chi connectivity index (χ1v) is 6.90. The van der Waals surface area contributed by atoms with Crippen molar-refractivity contribution in [3.8, 4) is 0 Å². The lowest BCUT2D eigenvalue weighted by atomic mass is 9.82. The maximum atomic E-state index is 6.39. The lowest BCUT2D eigenvalue weighted by Crippen LogP contribution is -2.57. The topological polar surface area (TPSA) is 21.3 Å². The van der Waals surface area contributed by atoms with Crippen molar-refractivity contribution in [2.75, 3.05) is 13.1 Å². The van der Waals surface area contributed by atoms with E-state index in [-0.39, 0.29) is 17.1 Å². The van der Waals surface area contributed by atoms with E-state index in [1.54, 1.807) is 0 Å². The van der Waals surface area contributed by atoms with Gasteiger partial charge in [-0.2, -0.15) is 0 Å². The van der Waals surface area contributed by atoms with Crippen LogP contribution in [-0.4, -0.2) is 13.1 Å². The number of halogens is 1. The Bertz CT molecular complexity index is 460. The Morgan fingerprint density at radius 2 is 2.06 bits per heavy atom. The number of nitrogens with one attached hydrogen (secondary N) is 1. The number of ether oxygens (including phenoxy) is 1. The molecule has 3 heteroatoms. The molecule has 0 aromatic heterocycles. The minimum Gasteiger partial charge on any atom is -0.359 e. The predicted octanol–water partition coefficient (Wildman–Crippen LogP) is 3.37. The third-order valence-electron chi connectivity index (χ3n) is 3.74. The van der Waals surface area contributed by atoms with Crippen molar-refractivity contribution in [3.63, 3.8) is 0 Å². The number of rotatable bonds is 0. The van der Waals surface area contributed by atoms with Crippen LogP contribution in [0.3, 0.4) is 0 Å². The maximum absolute atomic E-state index is 6.39. The largest absolute Gasteiger partial charge is 0.359 e. The number of hydrogen-bond donors (Lipinski definition) is 1. The molecule has 2 aliphatic rings. The van der Waals surface area contributed by atoms with Gasteiger partial charge in [-0.05, 0) is 28.7 Å². The second kappa shape index (κ2) is 3.56. The van der Waals surface area contributed by atoms with Gasteiger partial charge in [0.15, 0.2) is 0 Å². The Morgan fingerprint density at radius 1 is 1.35 bits per heavy atom. The summed E-state index contributed by atoms with van der Waals surface area (Å²) in [5, 5.41) is 3.33. The van der Waals surface area contributed by atoms with Gasteiger partial charge in [-0.25, -0.2) is 0 Å². The molecule has 3 rings (SSSR count). The molecule has 1 atom stereocenters. The fraction of sp³-hybridized carbons (Fsp3) is 0.571. The van der Waals surface area contributed by atoms with Gasteiger partial charge in [-0.1, -0.05) is 42.8 Å². The molecule has 0 saturated carbocycles. The predicted molar refractivity (Wildman–Crippen MR) is 72.0 cm³/mol. The first kappa shape index (κ1) is 11.7. The lowest BCUT2D eigenvalue weighted by molar-refractivity contribution is -0.140. The molecule has 1 fully saturated rings. The summed E-state index contributed by atoms with van der Waals surface area (Å²) < 4.78 is 7.53. The molecule has 0 aliphatic carbocycles. The van der Waals surface area contributed by atoms with Crippen molar-refractivity contribution in [2.24, 2.45) is 5.41 Å². The quantitative estimate of drug-likeness (QED) is 0.792. The smallest absolute Gasteiger partial charge is 0.119 e. The van der Waals surface area contributed by atoms with Gasteiger partial charge in [-0.15, -0.1) is 0 Å². The zero-order valence-electron chi connectivity index (χ0n) is 10.5. The number of hydrogen-bond acceptors (Lipinski definition) is 2. The molecule has 2 heterocycles. The second-order valence-corrected chi connectivity index (χ2v) is 7.11. The first-order valence-electron chi connectivity index (χ1n) is 6.11. The van der Waals surface area contributed by atoms with E-state index in [1.165, 1.54) is 11.1 Å². The molecule has 1 aromatic carbocycles. The van der Waals surface area contributed by atoms with Crippen LogP contribution in [0.4, 0.5) is 0 Å². The van der Waals surface area contributed by atoms with E-state index < -0.39 is 0 Å². The summed E-state index contributed by atoms with van der Waals surface area (Å²) >= 11 is 3.57. The fourth-order valence-corrected chi connectivity index (χ4v) is 3.17. The summed E-state index contributed by atoms with van der Waals surface area (Å²) in [5.74, 6) is 0. The summed E-state index contributed by atoms with van der Waals surface area (Å²) in [5.41, 5.74) is 2.80. The highest BCUT2D eigenvalue weighted by Gasteiger charge is 2.51. The number of benzene rings is 1.